The van der Waals surface area contributed by atoms with Crippen LogP contribution >= 0.6 is 0 Å². The van der Waals surface area contributed by atoms with E-state index in [9.17, 15) is 9.59 Å². The van der Waals surface area contributed by atoms with Gasteiger partial charge in [-0.25, -0.2) is 0 Å². The summed E-state index contributed by atoms with van der Waals surface area (Å²) in [5.41, 5.74) is 0.707. The quantitative estimate of drug-likeness (QED) is 0.915. The Hall–Kier alpha value is -2.04. The van der Waals surface area contributed by atoms with Crippen LogP contribution in [0.5, 0.6) is 5.75 Å². The van der Waals surface area contributed by atoms with E-state index in [1.807, 2.05) is 26.0 Å². The second-order valence-corrected chi connectivity index (χ2v) is 5.24. The Labute approximate surface area is 118 Å². The highest BCUT2D eigenvalue weighted by Crippen LogP contribution is 2.20. The Balaban J connectivity index is 1.96. The van der Waals surface area contributed by atoms with Crippen molar-refractivity contribution >= 4 is 17.5 Å². The normalized spacial score (nSPS) is 18.5. The zero-order chi connectivity index (χ0) is 14.7. The highest BCUT2D eigenvalue weighted by Gasteiger charge is 2.33. The molecule has 1 aromatic rings. The van der Waals surface area contributed by atoms with E-state index in [1.54, 1.807) is 19.2 Å². The van der Waals surface area contributed by atoms with E-state index in [1.165, 1.54) is 4.90 Å². The lowest BCUT2D eigenvalue weighted by molar-refractivity contribution is -0.131. The average Bonchev–Trinajstić information content (AvgIpc) is 2.72. The van der Waals surface area contributed by atoms with E-state index in [-0.39, 0.29) is 24.0 Å². The van der Waals surface area contributed by atoms with Crippen LogP contribution in [-0.4, -0.2) is 35.9 Å². The molecule has 1 N–H and O–H groups in total. The summed E-state index contributed by atoms with van der Waals surface area (Å²) in [7, 11) is 1.67. The van der Waals surface area contributed by atoms with Crippen molar-refractivity contribution in [2.45, 2.75) is 38.8 Å². The maximum atomic E-state index is 12.1. The van der Waals surface area contributed by atoms with Gasteiger partial charge in [-0.05, 0) is 44.5 Å². The summed E-state index contributed by atoms with van der Waals surface area (Å²) in [5, 5.41) is 2.83. The SMILES string of the molecule is CC(C)Oc1ccc(NC(=O)C2CCC(=O)N2C)cc1. The lowest BCUT2D eigenvalue weighted by atomic mass is 10.2. The molecule has 1 saturated heterocycles. The van der Waals surface area contributed by atoms with E-state index in [0.717, 1.165) is 5.75 Å². The number of likely N-dealkylation sites (N-methyl/N-ethyl adjacent to an activating group) is 1. The van der Waals surface area contributed by atoms with Gasteiger partial charge in [0.25, 0.3) is 0 Å². The van der Waals surface area contributed by atoms with Crippen molar-refractivity contribution in [1.82, 2.24) is 4.90 Å². The fraction of sp³-hybridized carbons (Fsp3) is 0.467. The predicted molar refractivity (Wildman–Crippen MR) is 76.6 cm³/mol. The zero-order valence-electron chi connectivity index (χ0n) is 12.1. The van der Waals surface area contributed by atoms with E-state index < -0.39 is 0 Å². The number of amides is 2. The Morgan fingerprint density at radius 1 is 1.35 bits per heavy atom. The Bertz CT molecular complexity index is 496. The highest BCUT2D eigenvalue weighted by atomic mass is 16.5. The minimum Gasteiger partial charge on any atom is -0.491 e. The first kappa shape index (κ1) is 14.4. The first-order valence-electron chi connectivity index (χ1n) is 6.80. The van der Waals surface area contributed by atoms with Gasteiger partial charge in [-0.2, -0.15) is 0 Å². The molecule has 0 saturated carbocycles. The Kier molecular flexibility index (Phi) is 4.27. The summed E-state index contributed by atoms with van der Waals surface area (Å²) in [6.07, 6.45) is 1.14. The van der Waals surface area contributed by atoms with Gasteiger partial charge >= 0.3 is 0 Å². The number of carbonyl (C=O) groups excluding carboxylic acids is 2. The molecule has 1 aliphatic heterocycles. The number of hydrogen-bond donors (Lipinski definition) is 1. The van der Waals surface area contributed by atoms with Crippen LogP contribution in [0.4, 0.5) is 5.69 Å². The van der Waals surface area contributed by atoms with Crippen LogP contribution in [0.15, 0.2) is 24.3 Å². The summed E-state index contributed by atoms with van der Waals surface area (Å²) in [4.78, 5) is 25.0. The van der Waals surface area contributed by atoms with Crippen molar-refractivity contribution in [2.75, 3.05) is 12.4 Å². The maximum Gasteiger partial charge on any atom is 0.247 e. The van der Waals surface area contributed by atoms with Crippen LogP contribution < -0.4 is 10.1 Å². The average molecular weight is 276 g/mol. The van der Waals surface area contributed by atoms with Crippen molar-refractivity contribution in [3.05, 3.63) is 24.3 Å². The van der Waals surface area contributed by atoms with E-state index >= 15 is 0 Å². The fourth-order valence-electron chi connectivity index (χ4n) is 2.23. The van der Waals surface area contributed by atoms with Crippen molar-refractivity contribution in [1.29, 1.82) is 0 Å². The first-order valence-corrected chi connectivity index (χ1v) is 6.80. The fourth-order valence-corrected chi connectivity index (χ4v) is 2.23. The van der Waals surface area contributed by atoms with E-state index in [2.05, 4.69) is 5.32 Å². The number of hydrogen-bond acceptors (Lipinski definition) is 3. The van der Waals surface area contributed by atoms with Crippen LogP contribution in [-0.2, 0) is 9.59 Å². The number of rotatable bonds is 4. The molecule has 5 nitrogen and oxygen atoms in total. The van der Waals surface area contributed by atoms with Crippen LogP contribution in [0, 0.1) is 0 Å². The second-order valence-electron chi connectivity index (χ2n) is 5.24. The molecule has 1 aliphatic rings. The highest BCUT2D eigenvalue weighted by molar-refractivity contribution is 5.98. The molecular formula is C15H20N2O3. The van der Waals surface area contributed by atoms with E-state index in [0.29, 0.717) is 18.5 Å². The van der Waals surface area contributed by atoms with Crippen molar-refractivity contribution in [3.8, 4) is 5.75 Å². The standard InChI is InChI=1S/C15H20N2O3/c1-10(2)20-12-6-4-11(5-7-12)16-15(19)13-8-9-14(18)17(13)3/h4-7,10,13H,8-9H2,1-3H3,(H,16,19). The lowest BCUT2D eigenvalue weighted by Crippen LogP contribution is -2.38. The van der Waals surface area contributed by atoms with Gasteiger partial charge in [-0.3, -0.25) is 9.59 Å². The zero-order valence-corrected chi connectivity index (χ0v) is 12.1. The van der Waals surface area contributed by atoms with Gasteiger partial charge in [0.05, 0.1) is 6.10 Å². The van der Waals surface area contributed by atoms with Gasteiger partial charge in [0.2, 0.25) is 11.8 Å². The van der Waals surface area contributed by atoms with Gasteiger partial charge in [0, 0.05) is 19.2 Å². The number of nitrogens with zero attached hydrogens (tertiary/aromatic N) is 1. The third kappa shape index (κ3) is 3.29. The molecule has 0 radical (unpaired) electrons. The monoisotopic (exact) mass is 276 g/mol. The first-order chi connectivity index (χ1) is 9.47. The number of likely N-dealkylation sites (tertiary alicyclic amines) is 1. The molecule has 5 heteroatoms. The largest absolute Gasteiger partial charge is 0.491 e. The van der Waals surface area contributed by atoms with Crippen LogP contribution in [0.2, 0.25) is 0 Å². The van der Waals surface area contributed by atoms with Crippen molar-refractivity contribution in [3.63, 3.8) is 0 Å². The van der Waals surface area contributed by atoms with Crippen LogP contribution in [0.1, 0.15) is 26.7 Å². The maximum absolute atomic E-state index is 12.1. The molecule has 2 amide bonds. The molecule has 1 fully saturated rings. The predicted octanol–water partition coefficient (Wildman–Crippen LogP) is 2.03. The van der Waals surface area contributed by atoms with Crippen LogP contribution in [0.3, 0.4) is 0 Å². The molecule has 20 heavy (non-hydrogen) atoms. The molecule has 1 atom stereocenters. The molecule has 108 valence electrons. The molecule has 1 aromatic carbocycles. The smallest absolute Gasteiger partial charge is 0.247 e. The molecule has 1 heterocycles. The number of ether oxygens (including phenoxy) is 1. The van der Waals surface area contributed by atoms with Gasteiger partial charge in [0.15, 0.2) is 0 Å². The molecule has 1 unspecified atom stereocenters. The number of anilines is 1. The topological polar surface area (TPSA) is 58.6 Å². The third-order valence-electron chi connectivity index (χ3n) is 3.29. The molecule has 0 bridgehead atoms. The molecule has 0 aliphatic carbocycles. The summed E-state index contributed by atoms with van der Waals surface area (Å²) < 4.78 is 5.54. The van der Waals surface area contributed by atoms with Gasteiger partial charge in [-0.1, -0.05) is 0 Å². The number of carbonyl (C=O) groups is 2. The summed E-state index contributed by atoms with van der Waals surface area (Å²) in [5.74, 6) is 0.646. The van der Waals surface area contributed by atoms with Crippen molar-refractivity contribution < 1.29 is 14.3 Å². The number of benzene rings is 1. The third-order valence-corrected chi connectivity index (χ3v) is 3.29. The van der Waals surface area contributed by atoms with Crippen LogP contribution in [0.25, 0.3) is 0 Å². The number of nitrogens with one attached hydrogen (secondary N) is 1. The molecule has 2 rings (SSSR count). The lowest BCUT2D eigenvalue weighted by Gasteiger charge is -2.19. The van der Waals surface area contributed by atoms with Crippen molar-refractivity contribution in [2.24, 2.45) is 0 Å². The summed E-state index contributed by atoms with van der Waals surface area (Å²) in [6, 6.07) is 6.87. The minimum atomic E-state index is -0.367. The summed E-state index contributed by atoms with van der Waals surface area (Å²) in [6.45, 7) is 3.92. The Morgan fingerprint density at radius 3 is 2.50 bits per heavy atom. The molecule has 0 spiro atoms. The van der Waals surface area contributed by atoms with E-state index in [4.69, 9.17) is 4.74 Å². The van der Waals surface area contributed by atoms with Gasteiger partial charge in [0.1, 0.15) is 11.8 Å². The van der Waals surface area contributed by atoms with Gasteiger partial charge in [-0.15, -0.1) is 0 Å². The van der Waals surface area contributed by atoms with Gasteiger partial charge < -0.3 is 15.0 Å². The summed E-state index contributed by atoms with van der Waals surface area (Å²) >= 11 is 0. The minimum absolute atomic E-state index is 0.0193. The molecule has 0 aromatic heterocycles. The Morgan fingerprint density at radius 2 is 2.00 bits per heavy atom. The molecular weight excluding hydrogens is 256 g/mol. The second kappa shape index (κ2) is 5.94.